The summed E-state index contributed by atoms with van der Waals surface area (Å²) in [5.74, 6) is 0. The van der Waals surface area contributed by atoms with Gasteiger partial charge in [0.2, 0.25) is 0 Å². The summed E-state index contributed by atoms with van der Waals surface area (Å²) in [6.07, 6.45) is 0.770. The van der Waals surface area contributed by atoms with Crippen LogP contribution in [0.25, 0.3) is 0 Å². The molecule has 0 aromatic carbocycles. The van der Waals surface area contributed by atoms with Crippen LogP contribution in [0, 0.1) is 13.8 Å². The molecule has 1 atom stereocenters. The molecule has 2 rings (SSSR count). The van der Waals surface area contributed by atoms with Gasteiger partial charge in [-0.15, -0.1) is 11.3 Å². The van der Waals surface area contributed by atoms with Gasteiger partial charge in [0, 0.05) is 17.8 Å². The van der Waals surface area contributed by atoms with Gasteiger partial charge in [0.15, 0.2) is 0 Å². The molecule has 0 unspecified atom stereocenters. The van der Waals surface area contributed by atoms with Crippen molar-refractivity contribution in [1.82, 2.24) is 15.6 Å². The maximum absolute atomic E-state index is 11.8. The van der Waals surface area contributed by atoms with Crippen molar-refractivity contribution in [1.29, 1.82) is 0 Å². The Labute approximate surface area is 138 Å². The Morgan fingerprint density at radius 3 is 2.77 bits per heavy atom. The normalized spacial score (nSPS) is 13.6. The van der Waals surface area contributed by atoms with Crippen molar-refractivity contribution in [2.24, 2.45) is 0 Å². The fourth-order valence-electron chi connectivity index (χ4n) is 2.08. The first kappa shape index (κ1) is 16.9. The highest BCUT2D eigenvalue weighted by Crippen LogP contribution is 2.22. The van der Waals surface area contributed by atoms with Crippen LogP contribution in [-0.2, 0) is 12.0 Å². The molecule has 120 valence electrons. The van der Waals surface area contributed by atoms with E-state index in [9.17, 15) is 9.90 Å². The summed E-state index contributed by atoms with van der Waals surface area (Å²) in [6.45, 7) is 6.38. The van der Waals surface area contributed by atoms with Crippen LogP contribution in [0.1, 0.15) is 28.1 Å². The minimum absolute atomic E-state index is 0.175. The SMILES string of the molecule is Cc1nc(C)c(CCNC(=O)NC[C@@](C)(O)c2ccsc2)s1. The van der Waals surface area contributed by atoms with Gasteiger partial charge in [-0.05, 0) is 43.2 Å². The van der Waals surface area contributed by atoms with Crippen LogP contribution in [0.15, 0.2) is 16.8 Å². The molecule has 0 bridgehead atoms. The molecule has 0 aliphatic carbocycles. The quantitative estimate of drug-likeness (QED) is 0.757. The fourth-order valence-corrected chi connectivity index (χ4v) is 3.80. The minimum atomic E-state index is -1.05. The topological polar surface area (TPSA) is 74.2 Å². The van der Waals surface area contributed by atoms with Gasteiger partial charge in [-0.3, -0.25) is 0 Å². The molecule has 22 heavy (non-hydrogen) atoms. The number of hydrogen-bond acceptors (Lipinski definition) is 5. The molecule has 0 spiro atoms. The third kappa shape index (κ3) is 4.53. The van der Waals surface area contributed by atoms with Crippen LogP contribution in [0.2, 0.25) is 0 Å². The van der Waals surface area contributed by atoms with E-state index in [1.165, 1.54) is 16.2 Å². The summed E-state index contributed by atoms with van der Waals surface area (Å²) in [4.78, 5) is 17.4. The lowest BCUT2D eigenvalue weighted by molar-refractivity contribution is 0.0598. The highest BCUT2D eigenvalue weighted by Gasteiger charge is 2.24. The second kappa shape index (κ2) is 7.21. The lowest BCUT2D eigenvalue weighted by atomic mass is 9.99. The zero-order valence-corrected chi connectivity index (χ0v) is 14.6. The Bertz CT molecular complexity index is 621. The van der Waals surface area contributed by atoms with E-state index >= 15 is 0 Å². The highest BCUT2D eigenvalue weighted by molar-refractivity contribution is 7.11. The molecule has 2 aromatic rings. The smallest absolute Gasteiger partial charge is 0.314 e. The molecule has 0 aliphatic rings. The zero-order valence-electron chi connectivity index (χ0n) is 13.0. The number of aryl methyl sites for hydroxylation is 2. The van der Waals surface area contributed by atoms with E-state index in [-0.39, 0.29) is 12.6 Å². The Hall–Kier alpha value is -1.44. The van der Waals surface area contributed by atoms with Gasteiger partial charge in [-0.2, -0.15) is 11.3 Å². The monoisotopic (exact) mass is 339 g/mol. The number of carbonyl (C=O) groups is 1. The first-order valence-electron chi connectivity index (χ1n) is 7.08. The Balaban J connectivity index is 1.73. The Kier molecular flexibility index (Phi) is 5.55. The molecule has 5 nitrogen and oxygen atoms in total. The van der Waals surface area contributed by atoms with Crippen LogP contribution in [-0.4, -0.2) is 29.2 Å². The predicted molar refractivity (Wildman–Crippen MR) is 90.6 cm³/mol. The number of aromatic nitrogens is 1. The van der Waals surface area contributed by atoms with E-state index < -0.39 is 5.60 Å². The molecule has 0 fully saturated rings. The average Bonchev–Trinajstić information content (AvgIpc) is 3.07. The van der Waals surface area contributed by atoms with Crippen molar-refractivity contribution >= 4 is 28.7 Å². The second-order valence-corrected chi connectivity index (χ2v) is 7.45. The number of rotatable bonds is 6. The Morgan fingerprint density at radius 2 is 2.18 bits per heavy atom. The van der Waals surface area contributed by atoms with Crippen molar-refractivity contribution in [2.45, 2.75) is 32.8 Å². The van der Waals surface area contributed by atoms with Gasteiger partial charge in [0.05, 0.1) is 17.2 Å². The van der Waals surface area contributed by atoms with Gasteiger partial charge >= 0.3 is 6.03 Å². The zero-order chi connectivity index (χ0) is 16.2. The average molecular weight is 339 g/mol. The summed E-state index contributed by atoms with van der Waals surface area (Å²) >= 11 is 3.18. The third-order valence-electron chi connectivity index (χ3n) is 3.37. The highest BCUT2D eigenvalue weighted by atomic mass is 32.1. The summed E-state index contributed by atoms with van der Waals surface area (Å²) in [5, 5.41) is 20.7. The minimum Gasteiger partial charge on any atom is -0.384 e. The van der Waals surface area contributed by atoms with E-state index in [4.69, 9.17) is 0 Å². The summed E-state index contributed by atoms with van der Waals surface area (Å²) < 4.78 is 0. The molecular weight excluding hydrogens is 318 g/mol. The first-order valence-corrected chi connectivity index (χ1v) is 8.84. The van der Waals surface area contributed by atoms with Crippen molar-refractivity contribution in [3.8, 4) is 0 Å². The van der Waals surface area contributed by atoms with E-state index in [1.807, 2.05) is 30.7 Å². The van der Waals surface area contributed by atoms with Crippen molar-refractivity contribution in [3.63, 3.8) is 0 Å². The largest absolute Gasteiger partial charge is 0.384 e. The van der Waals surface area contributed by atoms with Crippen LogP contribution >= 0.6 is 22.7 Å². The van der Waals surface area contributed by atoms with Gasteiger partial charge in [-0.25, -0.2) is 9.78 Å². The maximum Gasteiger partial charge on any atom is 0.314 e. The summed E-state index contributed by atoms with van der Waals surface area (Å²) in [5.41, 5.74) is 0.793. The molecule has 0 radical (unpaired) electrons. The van der Waals surface area contributed by atoms with Crippen LogP contribution < -0.4 is 10.6 Å². The molecular formula is C15H21N3O2S2. The van der Waals surface area contributed by atoms with E-state index in [0.29, 0.717) is 6.54 Å². The molecule has 0 saturated carbocycles. The number of carbonyl (C=O) groups excluding carboxylic acids is 1. The van der Waals surface area contributed by atoms with E-state index in [1.54, 1.807) is 18.3 Å². The maximum atomic E-state index is 11.8. The standard InChI is InChI=1S/C15H21N3O2S2/c1-10-13(22-11(2)18-10)4-6-16-14(19)17-9-15(3,20)12-5-7-21-8-12/h5,7-8,20H,4,6,9H2,1-3H3,(H2,16,17,19)/t15-/m1/s1. The lowest BCUT2D eigenvalue weighted by Crippen LogP contribution is -2.43. The molecule has 0 saturated heterocycles. The first-order chi connectivity index (χ1) is 10.4. The van der Waals surface area contributed by atoms with Gasteiger partial charge in [0.25, 0.3) is 0 Å². The number of thiazole rings is 1. The fraction of sp³-hybridized carbons (Fsp3) is 0.467. The Morgan fingerprint density at radius 1 is 1.41 bits per heavy atom. The molecule has 3 N–H and O–H groups in total. The predicted octanol–water partition coefficient (Wildman–Crippen LogP) is 2.57. The number of thiophene rings is 1. The van der Waals surface area contributed by atoms with Crippen LogP contribution in [0.4, 0.5) is 4.79 Å². The van der Waals surface area contributed by atoms with Crippen molar-refractivity contribution in [2.75, 3.05) is 13.1 Å². The molecule has 7 heteroatoms. The van der Waals surface area contributed by atoms with Crippen LogP contribution in [0.5, 0.6) is 0 Å². The van der Waals surface area contributed by atoms with E-state index in [0.717, 1.165) is 22.7 Å². The van der Waals surface area contributed by atoms with Crippen molar-refractivity contribution < 1.29 is 9.90 Å². The molecule has 2 aromatic heterocycles. The number of urea groups is 1. The summed E-state index contributed by atoms with van der Waals surface area (Å²) in [6, 6.07) is 1.59. The lowest BCUT2D eigenvalue weighted by Gasteiger charge is -2.22. The molecule has 2 heterocycles. The van der Waals surface area contributed by atoms with Gasteiger partial charge in [0.1, 0.15) is 5.60 Å². The van der Waals surface area contributed by atoms with Gasteiger partial charge < -0.3 is 15.7 Å². The number of aliphatic hydroxyl groups is 1. The number of nitrogens with one attached hydrogen (secondary N) is 2. The summed E-state index contributed by atoms with van der Waals surface area (Å²) in [7, 11) is 0. The number of amides is 2. The van der Waals surface area contributed by atoms with Gasteiger partial charge in [-0.1, -0.05) is 0 Å². The molecule has 0 aliphatic heterocycles. The second-order valence-electron chi connectivity index (χ2n) is 5.39. The van der Waals surface area contributed by atoms with E-state index in [2.05, 4.69) is 15.6 Å². The number of hydrogen-bond donors (Lipinski definition) is 3. The molecule has 2 amide bonds. The number of nitrogens with zero attached hydrogens (tertiary/aromatic N) is 1. The van der Waals surface area contributed by atoms with Crippen molar-refractivity contribution in [3.05, 3.63) is 38.0 Å². The van der Waals surface area contributed by atoms with Crippen LogP contribution in [0.3, 0.4) is 0 Å². The third-order valence-corrected chi connectivity index (χ3v) is 5.19.